The highest BCUT2D eigenvalue weighted by Crippen LogP contribution is 2.25. The molecule has 1 aliphatic rings. The summed E-state index contributed by atoms with van der Waals surface area (Å²) in [6.07, 6.45) is 1.79. The molecular formula is C13H24N2O4. The molecule has 0 heterocycles. The second-order valence-corrected chi connectivity index (χ2v) is 5.82. The molecule has 0 unspecified atom stereocenters. The van der Waals surface area contributed by atoms with E-state index in [0.717, 1.165) is 0 Å². The van der Waals surface area contributed by atoms with E-state index in [2.05, 4.69) is 5.32 Å². The van der Waals surface area contributed by atoms with Gasteiger partial charge in [-0.15, -0.1) is 0 Å². The summed E-state index contributed by atoms with van der Waals surface area (Å²) >= 11 is 0. The standard InChI is InChI=1S/C13H24N2O4/c1-4-15(8-13(2,3)19)12(18)14-10-6-5-9(7-10)11(16)17/h9-10,19H,4-8H2,1-3H3,(H,14,18)(H,16,17)/t9-,10+/m1/s1. The molecule has 0 bridgehead atoms. The maximum absolute atomic E-state index is 12.0. The first-order valence-electron chi connectivity index (χ1n) is 6.73. The first kappa shape index (κ1) is 15.8. The van der Waals surface area contributed by atoms with E-state index < -0.39 is 11.6 Å². The Balaban J connectivity index is 2.48. The molecule has 0 aromatic rings. The normalized spacial score (nSPS) is 23.2. The number of hydrogen-bond acceptors (Lipinski definition) is 3. The minimum atomic E-state index is -0.938. The summed E-state index contributed by atoms with van der Waals surface area (Å²) in [4.78, 5) is 24.4. The fraction of sp³-hybridized carbons (Fsp3) is 0.846. The Hall–Kier alpha value is -1.30. The number of aliphatic hydroxyl groups is 1. The predicted molar refractivity (Wildman–Crippen MR) is 70.8 cm³/mol. The van der Waals surface area contributed by atoms with Crippen LogP contribution in [0.15, 0.2) is 0 Å². The number of rotatable bonds is 5. The second-order valence-electron chi connectivity index (χ2n) is 5.82. The number of nitrogens with one attached hydrogen (secondary N) is 1. The van der Waals surface area contributed by atoms with Gasteiger partial charge >= 0.3 is 12.0 Å². The van der Waals surface area contributed by atoms with Crippen LogP contribution in [0.25, 0.3) is 0 Å². The fourth-order valence-electron chi connectivity index (χ4n) is 2.40. The van der Waals surface area contributed by atoms with Crippen molar-refractivity contribution in [2.24, 2.45) is 5.92 Å². The molecule has 1 fully saturated rings. The zero-order chi connectivity index (χ0) is 14.6. The molecule has 2 amide bonds. The third-order valence-electron chi connectivity index (χ3n) is 3.36. The van der Waals surface area contributed by atoms with Gasteiger partial charge in [0.25, 0.3) is 0 Å². The van der Waals surface area contributed by atoms with Gasteiger partial charge in [0.2, 0.25) is 0 Å². The van der Waals surface area contributed by atoms with Crippen molar-refractivity contribution >= 4 is 12.0 Å². The van der Waals surface area contributed by atoms with Gasteiger partial charge in [-0.1, -0.05) is 0 Å². The van der Waals surface area contributed by atoms with Crippen molar-refractivity contribution in [1.82, 2.24) is 10.2 Å². The molecule has 110 valence electrons. The van der Waals surface area contributed by atoms with Crippen molar-refractivity contribution in [2.75, 3.05) is 13.1 Å². The summed E-state index contributed by atoms with van der Waals surface area (Å²) < 4.78 is 0. The first-order valence-corrected chi connectivity index (χ1v) is 6.73. The van der Waals surface area contributed by atoms with Crippen molar-refractivity contribution in [3.63, 3.8) is 0 Å². The van der Waals surface area contributed by atoms with Crippen molar-refractivity contribution in [3.05, 3.63) is 0 Å². The Morgan fingerprint density at radius 1 is 1.37 bits per heavy atom. The molecule has 1 aliphatic carbocycles. The number of carbonyl (C=O) groups excluding carboxylic acids is 1. The lowest BCUT2D eigenvalue weighted by molar-refractivity contribution is -0.141. The van der Waals surface area contributed by atoms with Gasteiger partial charge in [-0.2, -0.15) is 0 Å². The van der Waals surface area contributed by atoms with E-state index in [0.29, 0.717) is 25.8 Å². The summed E-state index contributed by atoms with van der Waals surface area (Å²) in [7, 11) is 0. The number of nitrogens with zero attached hydrogens (tertiary/aromatic N) is 1. The van der Waals surface area contributed by atoms with Crippen LogP contribution in [-0.4, -0.2) is 51.8 Å². The highest BCUT2D eigenvalue weighted by Gasteiger charge is 2.31. The Morgan fingerprint density at radius 2 is 2.00 bits per heavy atom. The Kier molecular flexibility index (Phi) is 5.17. The number of carboxylic acid groups (broad SMARTS) is 1. The third kappa shape index (κ3) is 5.06. The maximum atomic E-state index is 12.0. The van der Waals surface area contributed by atoms with Gasteiger partial charge in [-0.05, 0) is 40.0 Å². The second kappa shape index (κ2) is 6.23. The summed E-state index contributed by atoms with van der Waals surface area (Å²) in [6.45, 7) is 5.91. The molecule has 6 heteroatoms. The number of carboxylic acids is 1. The van der Waals surface area contributed by atoms with Crippen LogP contribution in [0.4, 0.5) is 4.79 Å². The molecule has 0 spiro atoms. The minimum Gasteiger partial charge on any atom is -0.481 e. The molecule has 1 rings (SSSR count). The highest BCUT2D eigenvalue weighted by atomic mass is 16.4. The zero-order valence-electron chi connectivity index (χ0n) is 11.8. The highest BCUT2D eigenvalue weighted by molar-refractivity contribution is 5.75. The molecule has 0 aromatic heterocycles. The van der Waals surface area contributed by atoms with E-state index >= 15 is 0 Å². The molecule has 3 N–H and O–H groups in total. The predicted octanol–water partition coefficient (Wildman–Crippen LogP) is 1.04. The van der Waals surface area contributed by atoms with Crippen LogP contribution in [0.5, 0.6) is 0 Å². The number of urea groups is 1. The summed E-state index contributed by atoms with van der Waals surface area (Å²) in [5.41, 5.74) is -0.938. The molecule has 0 saturated heterocycles. The molecule has 0 radical (unpaired) electrons. The van der Waals surface area contributed by atoms with E-state index in [1.807, 2.05) is 6.92 Å². The third-order valence-corrected chi connectivity index (χ3v) is 3.36. The quantitative estimate of drug-likeness (QED) is 0.697. The van der Waals surface area contributed by atoms with Crippen molar-refractivity contribution < 1.29 is 19.8 Å². The van der Waals surface area contributed by atoms with Crippen LogP contribution in [0.2, 0.25) is 0 Å². The number of hydrogen-bond donors (Lipinski definition) is 3. The van der Waals surface area contributed by atoms with E-state index in [1.165, 1.54) is 4.90 Å². The smallest absolute Gasteiger partial charge is 0.317 e. The summed E-state index contributed by atoms with van der Waals surface area (Å²) in [5.74, 6) is -1.14. The lowest BCUT2D eigenvalue weighted by Crippen LogP contribution is -2.49. The molecular weight excluding hydrogens is 248 g/mol. The molecule has 0 aliphatic heterocycles. The number of likely N-dealkylation sites (N-methyl/N-ethyl adjacent to an activating group) is 1. The monoisotopic (exact) mass is 272 g/mol. The van der Waals surface area contributed by atoms with Gasteiger partial charge in [0.15, 0.2) is 0 Å². The minimum absolute atomic E-state index is 0.0792. The average molecular weight is 272 g/mol. The lowest BCUT2D eigenvalue weighted by Gasteiger charge is -2.29. The van der Waals surface area contributed by atoms with Crippen LogP contribution in [0, 0.1) is 5.92 Å². The van der Waals surface area contributed by atoms with Gasteiger partial charge in [0, 0.05) is 12.6 Å². The largest absolute Gasteiger partial charge is 0.481 e. The Labute approximate surface area is 113 Å². The van der Waals surface area contributed by atoms with Crippen molar-refractivity contribution in [3.8, 4) is 0 Å². The lowest BCUT2D eigenvalue weighted by atomic mass is 10.1. The van der Waals surface area contributed by atoms with Gasteiger partial charge in [0.05, 0.1) is 18.1 Å². The van der Waals surface area contributed by atoms with Gasteiger partial charge in [-0.3, -0.25) is 4.79 Å². The SMILES string of the molecule is CCN(CC(C)(C)O)C(=O)N[C@H]1CC[C@@H](C(=O)O)C1. The maximum Gasteiger partial charge on any atom is 0.317 e. The summed E-state index contributed by atoms with van der Waals surface area (Å²) in [5, 5.41) is 21.5. The van der Waals surface area contributed by atoms with Crippen LogP contribution in [0.3, 0.4) is 0 Å². The van der Waals surface area contributed by atoms with Crippen LogP contribution >= 0.6 is 0 Å². The Morgan fingerprint density at radius 3 is 2.42 bits per heavy atom. The van der Waals surface area contributed by atoms with E-state index in [1.54, 1.807) is 13.8 Å². The molecule has 19 heavy (non-hydrogen) atoms. The first-order chi connectivity index (χ1) is 8.73. The topological polar surface area (TPSA) is 89.9 Å². The van der Waals surface area contributed by atoms with Gasteiger partial charge < -0.3 is 20.4 Å². The molecule has 6 nitrogen and oxygen atoms in total. The van der Waals surface area contributed by atoms with Crippen molar-refractivity contribution in [1.29, 1.82) is 0 Å². The van der Waals surface area contributed by atoms with Crippen molar-refractivity contribution in [2.45, 2.75) is 51.7 Å². The number of aliphatic carboxylic acids is 1. The average Bonchev–Trinajstić information content (AvgIpc) is 2.73. The molecule has 1 saturated carbocycles. The van der Waals surface area contributed by atoms with Gasteiger partial charge in [-0.25, -0.2) is 4.79 Å². The van der Waals surface area contributed by atoms with Crippen LogP contribution in [0.1, 0.15) is 40.0 Å². The van der Waals surface area contributed by atoms with Crippen LogP contribution in [-0.2, 0) is 4.79 Å². The van der Waals surface area contributed by atoms with E-state index in [9.17, 15) is 14.7 Å². The number of amides is 2. The fourth-order valence-corrected chi connectivity index (χ4v) is 2.40. The zero-order valence-corrected chi connectivity index (χ0v) is 11.8. The molecule has 0 aromatic carbocycles. The van der Waals surface area contributed by atoms with E-state index in [4.69, 9.17) is 5.11 Å². The van der Waals surface area contributed by atoms with Gasteiger partial charge in [0.1, 0.15) is 0 Å². The molecule has 2 atom stereocenters. The Bertz CT molecular complexity index is 338. The van der Waals surface area contributed by atoms with Crippen LogP contribution < -0.4 is 5.32 Å². The van der Waals surface area contributed by atoms with E-state index in [-0.39, 0.29) is 24.5 Å². The number of carbonyl (C=O) groups is 2. The summed E-state index contributed by atoms with van der Waals surface area (Å²) in [6, 6.07) is -0.315.